The second-order valence-corrected chi connectivity index (χ2v) is 7.85. The summed E-state index contributed by atoms with van der Waals surface area (Å²) in [5.41, 5.74) is 2.65. The zero-order valence-corrected chi connectivity index (χ0v) is 14.8. The molecule has 112 valence electrons. The fourth-order valence-corrected chi connectivity index (χ4v) is 4.80. The molecule has 3 heteroatoms. The van der Waals surface area contributed by atoms with Crippen LogP contribution in [0.25, 0.3) is 0 Å². The number of aryl methyl sites for hydroxylation is 1. The Hall–Kier alpha value is -0.640. The van der Waals surface area contributed by atoms with Crippen LogP contribution in [0.3, 0.4) is 0 Å². The third-order valence-corrected chi connectivity index (χ3v) is 6.14. The number of hydrogen-bond donors (Lipinski definition) is 1. The fourth-order valence-electron chi connectivity index (χ4n) is 3.27. The van der Waals surface area contributed by atoms with Gasteiger partial charge in [0.15, 0.2) is 0 Å². The first-order chi connectivity index (χ1) is 10.2. The van der Waals surface area contributed by atoms with Crippen LogP contribution in [0.15, 0.2) is 40.2 Å². The van der Waals surface area contributed by atoms with Crippen molar-refractivity contribution in [2.75, 3.05) is 0 Å². The first-order valence-corrected chi connectivity index (χ1v) is 9.43. The normalized spacial score (nSPS) is 17.2. The summed E-state index contributed by atoms with van der Waals surface area (Å²) in [7, 11) is 0. The Morgan fingerprint density at radius 3 is 2.76 bits per heavy atom. The van der Waals surface area contributed by atoms with Gasteiger partial charge in [0, 0.05) is 21.9 Å². The second-order valence-electron chi connectivity index (χ2n) is 6.01. The molecule has 0 radical (unpaired) electrons. The predicted molar refractivity (Wildman–Crippen MR) is 94.7 cm³/mol. The number of rotatable bonds is 5. The highest BCUT2D eigenvalue weighted by atomic mass is 79.9. The van der Waals surface area contributed by atoms with Gasteiger partial charge in [-0.15, -0.1) is 11.3 Å². The average Bonchev–Trinajstić information content (AvgIpc) is 3.14. The molecular formula is C18H22BrNS. The van der Waals surface area contributed by atoms with Crippen molar-refractivity contribution in [1.29, 1.82) is 0 Å². The van der Waals surface area contributed by atoms with Gasteiger partial charge in [-0.05, 0) is 54.3 Å². The molecule has 1 nitrogen and oxygen atoms in total. The van der Waals surface area contributed by atoms with Crippen LogP contribution < -0.4 is 5.32 Å². The van der Waals surface area contributed by atoms with Gasteiger partial charge in [-0.2, -0.15) is 0 Å². The van der Waals surface area contributed by atoms with Crippen LogP contribution in [0.1, 0.15) is 47.7 Å². The maximum absolute atomic E-state index is 3.82. The third kappa shape index (κ3) is 3.77. The summed E-state index contributed by atoms with van der Waals surface area (Å²) < 4.78 is 1.21. The fraction of sp³-hybridized carbons (Fsp3) is 0.444. The molecule has 1 atom stereocenters. The van der Waals surface area contributed by atoms with Crippen LogP contribution in [-0.4, -0.2) is 0 Å². The van der Waals surface area contributed by atoms with E-state index in [0.29, 0.717) is 6.04 Å². The number of benzene rings is 1. The van der Waals surface area contributed by atoms with E-state index in [9.17, 15) is 0 Å². The van der Waals surface area contributed by atoms with E-state index in [4.69, 9.17) is 0 Å². The minimum absolute atomic E-state index is 0.515. The highest BCUT2D eigenvalue weighted by Gasteiger charge is 2.26. The molecule has 1 N–H and O–H groups in total. The summed E-state index contributed by atoms with van der Waals surface area (Å²) in [5, 5.41) is 6.02. The molecule has 2 aromatic rings. The molecular weight excluding hydrogens is 342 g/mol. The summed E-state index contributed by atoms with van der Waals surface area (Å²) in [4.78, 5) is 1.49. The van der Waals surface area contributed by atoms with Crippen molar-refractivity contribution in [3.05, 3.63) is 56.2 Å². The molecule has 1 unspecified atom stereocenters. The standard InChI is InChI=1S/C18H22BrNS/c1-13-8-9-15(16(19)11-13)12-20-18(14-5-2-3-6-14)17-7-4-10-21-17/h4,7-11,14,18,20H,2-3,5-6,12H2,1H3. The molecule has 0 saturated heterocycles. The van der Waals surface area contributed by atoms with E-state index in [2.05, 4.69) is 63.9 Å². The lowest BCUT2D eigenvalue weighted by atomic mass is 9.96. The molecule has 0 aliphatic heterocycles. The van der Waals surface area contributed by atoms with E-state index in [1.165, 1.54) is 46.2 Å². The van der Waals surface area contributed by atoms with Gasteiger partial charge < -0.3 is 5.32 Å². The minimum atomic E-state index is 0.515. The lowest BCUT2D eigenvalue weighted by molar-refractivity contribution is 0.370. The Labute approximate surface area is 139 Å². The number of nitrogens with one attached hydrogen (secondary N) is 1. The first kappa shape index (κ1) is 15.3. The van der Waals surface area contributed by atoms with Gasteiger partial charge in [-0.25, -0.2) is 0 Å². The number of halogens is 1. The van der Waals surface area contributed by atoms with Crippen LogP contribution in [0, 0.1) is 12.8 Å². The maximum Gasteiger partial charge on any atom is 0.0446 e. The monoisotopic (exact) mass is 363 g/mol. The first-order valence-electron chi connectivity index (χ1n) is 7.76. The van der Waals surface area contributed by atoms with E-state index in [1.807, 2.05) is 11.3 Å². The summed E-state index contributed by atoms with van der Waals surface area (Å²) >= 11 is 5.58. The van der Waals surface area contributed by atoms with Crippen molar-refractivity contribution < 1.29 is 0 Å². The second kappa shape index (κ2) is 7.08. The van der Waals surface area contributed by atoms with Gasteiger partial charge in [0.25, 0.3) is 0 Å². The van der Waals surface area contributed by atoms with Gasteiger partial charge in [0.1, 0.15) is 0 Å². The van der Waals surface area contributed by atoms with Gasteiger partial charge in [-0.3, -0.25) is 0 Å². The van der Waals surface area contributed by atoms with Crippen molar-refractivity contribution in [2.45, 2.75) is 45.2 Å². The third-order valence-electron chi connectivity index (χ3n) is 4.44. The molecule has 0 amide bonds. The van der Waals surface area contributed by atoms with Crippen molar-refractivity contribution in [2.24, 2.45) is 5.92 Å². The van der Waals surface area contributed by atoms with E-state index >= 15 is 0 Å². The van der Waals surface area contributed by atoms with Gasteiger partial charge in [-0.1, -0.05) is 47.0 Å². The van der Waals surface area contributed by atoms with E-state index in [0.717, 1.165) is 12.5 Å². The predicted octanol–water partition coefficient (Wildman–Crippen LogP) is 5.84. The van der Waals surface area contributed by atoms with Crippen LogP contribution in [0.2, 0.25) is 0 Å². The maximum atomic E-state index is 3.82. The molecule has 3 rings (SSSR count). The topological polar surface area (TPSA) is 12.0 Å². The molecule has 0 spiro atoms. The van der Waals surface area contributed by atoms with E-state index in [-0.39, 0.29) is 0 Å². The van der Waals surface area contributed by atoms with E-state index < -0.39 is 0 Å². The van der Waals surface area contributed by atoms with Gasteiger partial charge >= 0.3 is 0 Å². The molecule has 1 heterocycles. The molecule has 0 bridgehead atoms. The molecule has 1 saturated carbocycles. The SMILES string of the molecule is Cc1ccc(CNC(c2cccs2)C2CCCC2)c(Br)c1. The van der Waals surface area contributed by atoms with Crippen LogP contribution in [0.4, 0.5) is 0 Å². The Bertz CT molecular complexity index is 573. The van der Waals surface area contributed by atoms with Crippen molar-refractivity contribution in [3.63, 3.8) is 0 Å². The van der Waals surface area contributed by atoms with Gasteiger partial charge in [0.2, 0.25) is 0 Å². The Balaban J connectivity index is 1.72. The zero-order chi connectivity index (χ0) is 14.7. The van der Waals surface area contributed by atoms with E-state index in [1.54, 1.807) is 0 Å². The molecule has 1 aliphatic carbocycles. The smallest absolute Gasteiger partial charge is 0.0446 e. The highest BCUT2D eigenvalue weighted by molar-refractivity contribution is 9.10. The molecule has 1 aromatic heterocycles. The molecule has 1 fully saturated rings. The van der Waals surface area contributed by atoms with Crippen LogP contribution in [-0.2, 0) is 6.54 Å². The molecule has 1 aliphatic rings. The molecule has 1 aromatic carbocycles. The summed E-state index contributed by atoms with van der Waals surface area (Å²) in [6.45, 7) is 3.06. The average molecular weight is 364 g/mol. The zero-order valence-electron chi connectivity index (χ0n) is 12.4. The quantitative estimate of drug-likeness (QED) is 0.703. The van der Waals surface area contributed by atoms with Crippen LogP contribution >= 0.6 is 27.3 Å². The van der Waals surface area contributed by atoms with Crippen molar-refractivity contribution in [3.8, 4) is 0 Å². The Kier molecular flexibility index (Phi) is 5.15. The minimum Gasteiger partial charge on any atom is -0.305 e. The van der Waals surface area contributed by atoms with Crippen LogP contribution in [0.5, 0.6) is 0 Å². The Morgan fingerprint density at radius 2 is 2.10 bits per heavy atom. The lowest BCUT2D eigenvalue weighted by Gasteiger charge is -2.24. The number of thiophene rings is 1. The lowest BCUT2D eigenvalue weighted by Crippen LogP contribution is -2.26. The summed E-state index contributed by atoms with van der Waals surface area (Å²) in [5.74, 6) is 0.799. The largest absolute Gasteiger partial charge is 0.305 e. The molecule has 21 heavy (non-hydrogen) atoms. The van der Waals surface area contributed by atoms with Crippen molar-refractivity contribution >= 4 is 27.3 Å². The summed E-state index contributed by atoms with van der Waals surface area (Å²) in [6.07, 6.45) is 5.51. The number of hydrogen-bond acceptors (Lipinski definition) is 2. The summed E-state index contributed by atoms with van der Waals surface area (Å²) in [6, 6.07) is 11.6. The Morgan fingerprint density at radius 1 is 1.29 bits per heavy atom. The van der Waals surface area contributed by atoms with Crippen molar-refractivity contribution in [1.82, 2.24) is 5.32 Å². The highest BCUT2D eigenvalue weighted by Crippen LogP contribution is 2.37. The van der Waals surface area contributed by atoms with Gasteiger partial charge in [0.05, 0.1) is 0 Å².